The van der Waals surface area contributed by atoms with Gasteiger partial charge in [-0.15, -0.1) is 0 Å². The van der Waals surface area contributed by atoms with Crippen molar-refractivity contribution in [3.63, 3.8) is 0 Å². The van der Waals surface area contributed by atoms with E-state index in [-0.39, 0.29) is 5.92 Å². The van der Waals surface area contributed by atoms with Crippen LogP contribution >= 0.6 is 0 Å². The van der Waals surface area contributed by atoms with Crippen LogP contribution in [0, 0.1) is 11.8 Å². The van der Waals surface area contributed by atoms with E-state index in [1.165, 1.54) is 5.56 Å². The SMILES string of the molecule is C[C@H]1CN(Cc2ccccc2)CC(=O)[C@@H]1C. The third kappa shape index (κ3) is 2.50. The summed E-state index contributed by atoms with van der Waals surface area (Å²) in [7, 11) is 0. The van der Waals surface area contributed by atoms with Crippen LogP contribution in [-0.4, -0.2) is 23.8 Å². The highest BCUT2D eigenvalue weighted by Crippen LogP contribution is 2.21. The lowest BCUT2D eigenvalue weighted by atomic mass is 9.87. The molecule has 1 heterocycles. The first kappa shape index (κ1) is 11.3. The predicted octanol–water partition coefficient (Wildman–Crippen LogP) is 2.34. The van der Waals surface area contributed by atoms with Crippen molar-refractivity contribution in [3.05, 3.63) is 35.9 Å². The molecular weight excluding hydrogens is 198 g/mol. The van der Waals surface area contributed by atoms with Crippen molar-refractivity contribution in [3.8, 4) is 0 Å². The molecule has 0 aliphatic carbocycles. The number of piperidine rings is 1. The zero-order valence-electron chi connectivity index (χ0n) is 10.0. The largest absolute Gasteiger partial charge is 0.298 e. The van der Waals surface area contributed by atoms with Gasteiger partial charge < -0.3 is 0 Å². The summed E-state index contributed by atoms with van der Waals surface area (Å²) in [5, 5.41) is 0. The number of carbonyl (C=O) groups is 1. The Labute approximate surface area is 97.3 Å². The third-order valence-corrected chi connectivity index (χ3v) is 3.54. The molecule has 0 unspecified atom stereocenters. The van der Waals surface area contributed by atoms with Gasteiger partial charge in [0.1, 0.15) is 5.78 Å². The summed E-state index contributed by atoms with van der Waals surface area (Å²) in [5.41, 5.74) is 1.29. The summed E-state index contributed by atoms with van der Waals surface area (Å²) < 4.78 is 0. The molecule has 1 aromatic carbocycles. The Bertz CT molecular complexity index is 360. The number of Topliss-reactive ketones (excluding diaryl/α,β-unsaturated/α-hetero) is 1. The molecule has 1 saturated heterocycles. The molecule has 16 heavy (non-hydrogen) atoms. The fraction of sp³-hybridized carbons (Fsp3) is 0.500. The zero-order valence-corrected chi connectivity index (χ0v) is 10.0. The van der Waals surface area contributed by atoms with Gasteiger partial charge in [0, 0.05) is 19.0 Å². The standard InChI is InChI=1S/C14H19NO/c1-11-8-15(10-14(16)12(11)2)9-13-6-4-3-5-7-13/h3-7,11-12H,8-10H2,1-2H3/t11-,12+/m0/s1. The van der Waals surface area contributed by atoms with Crippen LogP contribution in [-0.2, 0) is 11.3 Å². The van der Waals surface area contributed by atoms with Crippen LogP contribution < -0.4 is 0 Å². The van der Waals surface area contributed by atoms with Gasteiger partial charge in [0.15, 0.2) is 0 Å². The fourth-order valence-electron chi connectivity index (χ4n) is 2.27. The molecule has 0 aromatic heterocycles. The van der Waals surface area contributed by atoms with E-state index < -0.39 is 0 Å². The van der Waals surface area contributed by atoms with Gasteiger partial charge in [-0.25, -0.2) is 0 Å². The van der Waals surface area contributed by atoms with Crippen LogP contribution in [0.25, 0.3) is 0 Å². The molecule has 1 aromatic rings. The first-order chi connectivity index (χ1) is 7.66. The molecule has 1 aliphatic rings. The number of nitrogens with zero attached hydrogens (tertiary/aromatic N) is 1. The molecule has 2 atom stereocenters. The second kappa shape index (κ2) is 4.79. The Hall–Kier alpha value is -1.15. The van der Waals surface area contributed by atoms with Crippen LogP contribution in [0.15, 0.2) is 30.3 Å². The molecule has 0 spiro atoms. The van der Waals surface area contributed by atoms with Crippen molar-refractivity contribution in [2.45, 2.75) is 20.4 Å². The average Bonchev–Trinajstić information content (AvgIpc) is 2.27. The van der Waals surface area contributed by atoms with E-state index in [1.807, 2.05) is 25.1 Å². The van der Waals surface area contributed by atoms with E-state index >= 15 is 0 Å². The van der Waals surface area contributed by atoms with Crippen LogP contribution in [0.5, 0.6) is 0 Å². The van der Waals surface area contributed by atoms with Crippen molar-refractivity contribution < 1.29 is 4.79 Å². The van der Waals surface area contributed by atoms with Crippen LogP contribution in [0.4, 0.5) is 0 Å². The maximum atomic E-state index is 11.8. The van der Waals surface area contributed by atoms with Crippen molar-refractivity contribution in [1.82, 2.24) is 4.90 Å². The molecule has 0 bridgehead atoms. The highest BCUT2D eigenvalue weighted by molar-refractivity contribution is 5.83. The Morgan fingerprint density at radius 1 is 1.25 bits per heavy atom. The van der Waals surface area contributed by atoms with Gasteiger partial charge in [0.25, 0.3) is 0 Å². The first-order valence-electron chi connectivity index (χ1n) is 5.96. The van der Waals surface area contributed by atoms with E-state index in [1.54, 1.807) is 0 Å². The minimum absolute atomic E-state index is 0.229. The van der Waals surface area contributed by atoms with Gasteiger partial charge >= 0.3 is 0 Å². The highest BCUT2D eigenvalue weighted by Gasteiger charge is 2.29. The quantitative estimate of drug-likeness (QED) is 0.758. The molecule has 0 N–H and O–H groups in total. The second-order valence-corrected chi connectivity index (χ2v) is 4.89. The molecule has 2 rings (SSSR count). The number of rotatable bonds is 2. The maximum Gasteiger partial charge on any atom is 0.149 e. The van der Waals surface area contributed by atoms with Crippen molar-refractivity contribution in [1.29, 1.82) is 0 Å². The van der Waals surface area contributed by atoms with E-state index in [0.29, 0.717) is 18.2 Å². The molecule has 1 fully saturated rings. The molecule has 0 saturated carbocycles. The Balaban J connectivity index is 1.99. The first-order valence-corrected chi connectivity index (χ1v) is 5.96. The maximum absolute atomic E-state index is 11.8. The summed E-state index contributed by atoms with van der Waals surface area (Å²) in [6.45, 7) is 6.75. The zero-order chi connectivity index (χ0) is 11.5. The predicted molar refractivity (Wildman–Crippen MR) is 65.1 cm³/mol. The smallest absolute Gasteiger partial charge is 0.149 e. The molecule has 86 valence electrons. The lowest BCUT2D eigenvalue weighted by Crippen LogP contribution is -2.44. The summed E-state index contributed by atoms with van der Waals surface area (Å²) in [5.74, 6) is 1.09. The van der Waals surface area contributed by atoms with Crippen molar-refractivity contribution in [2.75, 3.05) is 13.1 Å². The van der Waals surface area contributed by atoms with Crippen LogP contribution in [0.1, 0.15) is 19.4 Å². The highest BCUT2D eigenvalue weighted by atomic mass is 16.1. The summed E-state index contributed by atoms with van der Waals surface area (Å²) in [6.07, 6.45) is 0. The molecule has 2 nitrogen and oxygen atoms in total. The van der Waals surface area contributed by atoms with E-state index in [2.05, 4.69) is 24.0 Å². The Morgan fingerprint density at radius 3 is 2.56 bits per heavy atom. The molecule has 0 radical (unpaired) electrons. The number of benzene rings is 1. The molecule has 1 aliphatic heterocycles. The van der Waals surface area contributed by atoms with Gasteiger partial charge in [0.2, 0.25) is 0 Å². The normalized spacial score (nSPS) is 27.0. The fourth-order valence-corrected chi connectivity index (χ4v) is 2.27. The minimum Gasteiger partial charge on any atom is -0.298 e. The topological polar surface area (TPSA) is 20.3 Å². The number of ketones is 1. The lowest BCUT2D eigenvalue weighted by Gasteiger charge is -2.34. The van der Waals surface area contributed by atoms with Gasteiger partial charge in [-0.1, -0.05) is 44.2 Å². The molecular formula is C14H19NO. The Kier molecular flexibility index (Phi) is 3.39. The Morgan fingerprint density at radius 2 is 1.94 bits per heavy atom. The van der Waals surface area contributed by atoms with Crippen LogP contribution in [0.2, 0.25) is 0 Å². The monoisotopic (exact) mass is 217 g/mol. The van der Waals surface area contributed by atoms with Gasteiger partial charge in [-0.2, -0.15) is 0 Å². The third-order valence-electron chi connectivity index (χ3n) is 3.54. The second-order valence-electron chi connectivity index (χ2n) is 4.89. The van der Waals surface area contributed by atoms with Crippen molar-refractivity contribution in [2.24, 2.45) is 11.8 Å². The number of hydrogen-bond acceptors (Lipinski definition) is 2. The van der Waals surface area contributed by atoms with Gasteiger partial charge in [-0.05, 0) is 11.5 Å². The summed E-state index contributed by atoms with van der Waals surface area (Å²) in [6, 6.07) is 10.4. The van der Waals surface area contributed by atoms with E-state index in [9.17, 15) is 4.79 Å². The van der Waals surface area contributed by atoms with E-state index in [4.69, 9.17) is 0 Å². The van der Waals surface area contributed by atoms with Gasteiger partial charge in [0.05, 0.1) is 6.54 Å². The summed E-state index contributed by atoms with van der Waals surface area (Å²) in [4.78, 5) is 14.0. The van der Waals surface area contributed by atoms with Crippen LogP contribution in [0.3, 0.4) is 0 Å². The van der Waals surface area contributed by atoms with Crippen molar-refractivity contribution >= 4 is 5.78 Å². The average molecular weight is 217 g/mol. The lowest BCUT2D eigenvalue weighted by molar-refractivity contribution is -0.128. The molecule has 0 amide bonds. The number of carbonyl (C=O) groups excluding carboxylic acids is 1. The van der Waals surface area contributed by atoms with E-state index in [0.717, 1.165) is 13.1 Å². The molecule has 2 heteroatoms. The number of hydrogen-bond donors (Lipinski definition) is 0. The van der Waals surface area contributed by atoms with Gasteiger partial charge in [-0.3, -0.25) is 9.69 Å². The minimum atomic E-state index is 0.229. The number of likely N-dealkylation sites (tertiary alicyclic amines) is 1. The summed E-state index contributed by atoms with van der Waals surface area (Å²) >= 11 is 0.